The average molecular weight is 366 g/mol. The lowest BCUT2D eigenvalue weighted by atomic mass is 9.79. The van der Waals surface area contributed by atoms with Crippen molar-refractivity contribution in [2.75, 3.05) is 13.1 Å². The van der Waals surface area contributed by atoms with Crippen molar-refractivity contribution in [3.63, 3.8) is 0 Å². The van der Waals surface area contributed by atoms with Crippen LogP contribution >= 0.6 is 0 Å². The van der Waals surface area contributed by atoms with Crippen LogP contribution in [0.25, 0.3) is 16.8 Å². The quantitative estimate of drug-likeness (QED) is 0.663. The summed E-state index contributed by atoms with van der Waals surface area (Å²) in [5.74, 6) is 0.836. The standard InChI is InChI=1S/C20H26N6O/c21-19(27)14-3-1-12(2-4-14)15-9-23-20-18(15)26-11-16(25-17(26)10-24-20)13-5-7-22-8-6-13/h9-14,22-23H,1-8H2,(H2,21,27). The molecule has 1 amide bonds. The first-order valence-corrected chi connectivity index (χ1v) is 10.1. The van der Waals surface area contributed by atoms with Crippen LogP contribution in [0.4, 0.5) is 0 Å². The number of nitrogens with zero attached hydrogens (tertiary/aromatic N) is 3. The number of fused-ring (bicyclic) bond motifs is 3. The van der Waals surface area contributed by atoms with E-state index in [2.05, 4.69) is 32.1 Å². The van der Waals surface area contributed by atoms with E-state index in [1.807, 2.05) is 6.20 Å². The van der Waals surface area contributed by atoms with Crippen molar-refractivity contribution < 1.29 is 4.79 Å². The largest absolute Gasteiger partial charge is 0.369 e. The first-order chi connectivity index (χ1) is 13.2. The summed E-state index contributed by atoms with van der Waals surface area (Å²) < 4.78 is 2.21. The van der Waals surface area contributed by atoms with Crippen LogP contribution in [-0.4, -0.2) is 38.3 Å². The number of hydrogen-bond acceptors (Lipinski definition) is 4. The molecule has 0 bridgehead atoms. The van der Waals surface area contributed by atoms with Crippen LogP contribution in [0.2, 0.25) is 0 Å². The van der Waals surface area contributed by atoms with Crippen molar-refractivity contribution in [2.24, 2.45) is 11.7 Å². The molecule has 27 heavy (non-hydrogen) atoms. The van der Waals surface area contributed by atoms with E-state index >= 15 is 0 Å². The molecule has 3 aromatic heterocycles. The van der Waals surface area contributed by atoms with Gasteiger partial charge in [0.25, 0.3) is 0 Å². The lowest BCUT2D eigenvalue weighted by molar-refractivity contribution is -0.122. The molecular weight excluding hydrogens is 340 g/mol. The number of carbonyl (C=O) groups excluding carboxylic acids is 1. The zero-order valence-electron chi connectivity index (χ0n) is 15.4. The maximum atomic E-state index is 11.5. The average Bonchev–Trinajstić information content (AvgIpc) is 3.32. The molecule has 4 heterocycles. The molecule has 0 unspecified atom stereocenters. The van der Waals surface area contributed by atoms with Gasteiger partial charge in [-0.15, -0.1) is 0 Å². The molecule has 5 rings (SSSR count). The predicted octanol–water partition coefficient (Wildman–Crippen LogP) is 2.44. The Hall–Kier alpha value is -2.41. The fraction of sp³-hybridized carbons (Fsp3) is 0.550. The summed E-state index contributed by atoms with van der Waals surface area (Å²) in [6, 6.07) is 0. The van der Waals surface area contributed by atoms with Crippen LogP contribution in [0.5, 0.6) is 0 Å². The highest BCUT2D eigenvalue weighted by molar-refractivity contribution is 5.79. The summed E-state index contributed by atoms with van der Waals surface area (Å²) in [6.45, 7) is 2.12. The maximum Gasteiger partial charge on any atom is 0.220 e. The summed E-state index contributed by atoms with van der Waals surface area (Å²) in [7, 11) is 0. The number of carbonyl (C=O) groups is 1. The number of H-pyrrole nitrogens is 1. The molecule has 142 valence electrons. The Bertz CT molecular complexity index is 975. The van der Waals surface area contributed by atoms with Gasteiger partial charge in [-0.05, 0) is 63.1 Å². The Kier molecular flexibility index (Phi) is 4.11. The number of aromatic nitrogens is 4. The van der Waals surface area contributed by atoms with Crippen molar-refractivity contribution >= 4 is 22.7 Å². The van der Waals surface area contributed by atoms with E-state index < -0.39 is 0 Å². The first-order valence-electron chi connectivity index (χ1n) is 10.1. The van der Waals surface area contributed by atoms with Gasteiger partial charge in [0.05, 0.1) is 17.4 Å². The Balaban J connectivity index is 1.52. The summed E-state index contributed by atoms with van der Waals surface area (Å²) in [6.07, 6.45) is 12.2. The van der Waals surface area contributed by atoms with E-state index in [-0.39, 0.29) is 11.8 Å². The Labute approximate surface area is 157 Å². The summed E-state index contributed by atoms with van der Waals surface area (Å²) in [4.78, 5) is 24.3. The molecule has 3 aromatic rings. The van der Waals surface area contributed by atoms with Gasteiger partial charge in [-0.2, -0.15) is 0 Å². The van der Waals surface area contributed by atoms with Crippen molar-refractivity contribution in [3.05, 3.63) is 29.8 Å². The molecule has 7 heteroatoms. The SMILES string of the molecule is NC(=O)C1CCC(c2c[nH]c3ncc4nc(C5CCNCC5)cn4c23)CC1. The summed E-state index contributed by atoms with van der Waals surface area (Å²) >= 11 is 0. The highest BCUT2D eigenvalue weighted by Crippen LogP contribution is 2.38. The van der Waals surface area contributed by atoms with Crippen molar-refractivity contribution in [1.29, 1.82) is 0 Å². The van der Waals surface area contributed by atoms with Crippen LogP contribution in [0, 0.1) is 5.92 Å². The van der Waals surface area contributed by atoms with Gasteiger partial charge in [0.1, 0.15) is 0 Å². The molecule has 7 nitrogen and oxygen atoms in total. The third kappa shape index (κ3) is 2.90. The Morgan fingerprint density at radius 1 is 1.11 bits per heavy atom. The van der Waals surface area contributed by atoms with E-state index in [9.17, 15) is 4.79 Å². The number of nitrogens with one attached hydrogen (secondary N) is 2. The number of nitrogens with two attached hydrogens (primary N) is 1. The number of amides is 1. The van der Waals surface area contributed by atoms with Gasteiger partial charge in [-0.1, -0.05) is 0 Å². The van der Waals surface area contributed by atoms with Crippen molar-refractivity contribution in [1.82, 2.24) is 24.7 Å². The second kappa shape index (κ2) is 6.64. The molecule has 4 N–H and O–H groups in total. The van der Waals surface area contributed by atoms with Gasteiger partial charge < -0.3 is 16.0 Å². The fourth-order valence-electron chi connectivity index (χ4n) is 4.89. The number of imidazole rings is 1. The molecule has 0 radical (unpaired) electrons. The third-order valence-electron chi connectivity index (χ3n) is 6.49. The van der Waals surface area contributed by atoms with Crippen molar-refractivity contribution in [3.8, 4) is 0 Å². The molecule has 0 aromatic carbocycles. The number of primary amides is 1. The molecule has 0 spiro atoms. The van der Waals surface area contributed by atoms with Crippen LogP contribution in [-0.2, 0) is 4.79 Å². The number of piperidine rings is 1. The van der Waals surface area contributed by atoms with Gasteiger partial charge in [0.2, 0.25) is 5.91 Å². The van der Waals surface area contributed by atoms with Gasteiger partial charge >= 0.3 is 0 Å². The third-order valence-corrected chi connectivity index (χ3v) is 6.49. The van der Waals surface area contributed by atoms with Crippen LogP contribution in [0.3, 0.4) is 0 Å². The van der Waals surface area contributed by atoms with Crippen LogP contribution in [0.15, 0.2) is 18.6 Å². The van der Waals surface area contributed by atoms with Crippen molar-refractivity contribution in [2.45, 2.75) is 50.4 Å². The number of hydrogen-bond donors (Lipinski definition) is 3. The topological polar surface area (TPSA) is 101 Å². The number of rotatable bonds is 3. The lowest BCUT2D eigenvalue weighted by Gasteiger charge is -2.26. The second-order valence-electron chi connectivity index (χ2n) is 8.07. The zero-order valence-corrected chi connectivity index (χ0v) is 15.4. The van der Waals surface area contributed by atoms with Crippen LogP contribution < -0.4 is 11.1 Å². The molecule has 1 aliphatic heterocycles. The molecule has 2 fully saturated rings. The number of aromatic amines is 1. The van der Waals surface area contributed by atoms with E-state index in [4.69, 9.17) is 10.7 Å². The minimum absolute atomic E-state index is 0.0318. The predicted molar refractivity (Wildman–Crippen MR) is 104 cm³/mol. The highest BCUT2D eigenvalue weighted by atomic mass is 16.1. The minimum atomic E-state index is -0.155. The zero-order chi connectivity index (χ0) is 18.4. The minimum Gasteiger partial charge on any atom is -0.369 e. The van der Waals surface area contributed by atoms with Crippen LogP contribution in [0.1, 0.15) is 61.6 Å². The Morgan fingerprint density at radius 3 is 2.63 bits per heavy atom. The molecule has 1 aliphatic carbocycles. The maximum absolute atomic E-state index is 11.5. The van der Waals surface area contributed by atoms with E-state index in [0.717, 1.165) is 68.4 Å². The van der Waals surface area contributed by atoms with Gasteiger partial charge in [-0.3, -0.25) is 9.20 Å². The molecule has 1 saturated heterocycles. The highest BCUT2D eigenvalue weighted by Gasteiger charge is 2.28. The van der Waals surface area contributed by atoms with Gasteiger partial charge in [-0.25, -0.2) is 9.97 Å². The van der Waals surface area contributed by atoms with E-state index in [1.54, 1.807) is 0 Å². The molecule has 0 atom stereocenters. The second-order valence-corrected chi connectivity index (χ2v) is 8.07. The normalized spacial score (nSPS) is 24.6. The smallest absolute Gasteiger partial charge is 0.220 e. The molecule has 2 aliphatic rings. The first kappa shape index (κ1) is 16.7. The van der Waals surface area contributed by atoms with Gasteiger partial charge in [0, 0.05) is 24.2 Å². The summed E-state index contributed by atoms with van der Waals surface area (Å²) in [5, 5.41) is 3.42. The van der Waals surface area contributed by atoms with E-state index in [0.29, 0.717) is 11.8 Å². The monoisotopic (exact) mass is 366 g/mol. The fourth-order valence-corrected chi connectivity index (χ4v) is 4.89. The molecule has 1 saturated carbocycles. The van der Waals surface area contributed by atoms with E-state index in [1.165, 1.54) is 11.3 Å². The summed E-state index contributed by atoms with van der Waals surface area (Å²) in [5.41, 5.74) is 10.9. The Morgan fingerprint density at radius 2 is 1.89 bits per heavy atom. The molecular formula is C20H26N6O. The van der Waals surface area contributed by atoms with Gasteiger partial charge in [0.15, 0.2) is 11.3 Å². The lowest BCUT2D eigenvalue weighted by Crippen LogP contribution is -2.27.